The van der Waals surface area contributed by atoms with Gasteiger partial charge in [0.15, 0.2) is 0 Å². The zero-order chi connectivity index (χ0) is 15.3. The van der Waals surface area contributed by atoms with E-state index >= 15 is 0 Å². The summed E-state index contributed by atoms with van der Waals surface area (Å²) in [5.41, 5.74) is 11.9. The lowest BCUT2D eigenvalue weighted by molar-refractivity contribution is 0.868. The highest BCUT2D eigenvalue weighted by molar-refractivity contribution is 5.87. The van der Waals surface area contributed by atoms with Gasteiger partial charge >= 0.3 is 0 Å². The molecule has 0 unspecified atom stereocenters. The number of fused-ring (bicyclic) bond motifs is 2. The molecule has 0 saturated heterocycles. The molecule has 0 amide bonds. The number of hydrogen-bond donors (Lipinski definition) is 0. The van der Waals surface area contributed by atoms with Gasteiger partial charge in [-0.25, -0.2) is 0 Å². The highest BCUT2D eigenvalue weighted by Crippen LogP contribution is 2.44. The molecule has 0 heterocycles. The van der Waals surface area contributed by atoms with E-state index < -0.39 is 0 Å². The molecule has 0 saturated carbocycles. The van der Waals surface area contributed by atoms with Crippen LogP contribution in [0.3, 0.4) is 0 Å². The Morgan fingerprint density at radius 3 is 2.68 bits per heavy atom. The van der Waals surface area contributed by atoms with Crippen molar-refractivity contribution in [3.63, 3.8) is 0 Å². The van der Waals surface area contributed by atoms with Crippen LogP contribution in [0.1, 0.15) is 60.9 Å². The lowest BCUT2D eigenvalue weighted by atomic mass is 9.85. The van der Waals surface area contributed by atoms with Crippen LogP contribution in [-0.2, 0) is 12.8 Å². The van der Waals surface area contributed by atoms with Gasteiger partial charge in [-0.3, -0.25) is 0 Å². The van der Waals surface area contributed by atoms with E-state index in [9.17, 15) is 0 Å². The summed E-state index contributed by atoms with van der Waals surface area (Å²) >= 11 is 0. The van der Waals surface area contributed by atoms with Crippen LogP contribution >= 0.6 is 0 Å². The Kier molecular flexibility index (Phi) is 3.22. The monoisotopic (exact) mass is 287 g/mol. The van der Waals surface area contributed by atoms with Crippen LogP contribution < -0.4 is 0 Å². The van der Waals surface area contributed by atoms with Crippen LogP contribution in [0.2, 0.25) is 0 Å². The zero-order valence-corrected chi connectivity index (χ0v) is 13.7. The molecule has 0 spiro atoms. The molecule has 2 aromatic rings. The van der Waals surface area contributed by atoms with Crippen molar-refractivity contribution in [2.75, 3.05) is 0 Å². The second-order valence-corrected chi connectivity index (χ2v) is 7.02. The standard InChI is InChI=1S/C22H23/c1-14(2)18-8-4-5-9-20(18)22-19-10-6-7-16(19)13-17-11-15(3)12-21(17)22/h4-5,8-9,11-14H,6-7,10H2,1-3H3. The van der Waals surface area contributed by atoms with Gasteiger partial charge in [0.2, 0.25) is 0 Å². The molecule has 1 radical (unpaired) electrons. The summed E-state index contributed by atoms with van der Waals surface area (Å²) in [7, 11) is 0. The van der Waals surface area contributed by atoms with Crippen molar-refractivity contribution in [3.8, 4) is 11.1 Å². The molecule has 2 aliphatic rings. The Labute approximate surface area is 133 Å². The fourth-order valence-electron chi connectivity index (χ4n) is 4.11. The summed E-state index contributed by atoms with van der Waals surface area (Å²) < 4.78 is 0. The Bertz CT molecular complexity index is 775. The molecule has 22 heavy (non-hydrogen) atoms. The molecular weight excluding hydrogens is 264 g/mol. The van der Waals surface area contributed by atoms with Crippen molar-refractivity contribution in [1.82, 2.24) is 0 Å². The number of allylic oxidation sites excluding steroid dienone is 1. The Hall–Kier alpha value is -1.82. The molecule has 0 fully saturated rings. The molecule has 0 N–H and O–H groups in total. The third-order valence-corrected chi connectivity index (χ3v) is 5.08. The van der Waals surface area contributed by atoms with E-state index in [1.807, 2.05) is 0 Å². The average Bonchev–Trinajstić information content (AvgIpc) is 3.09. The van der Waals surface area contributed by atoms with E-state index in [1.165, 1.54) is 52.7 Å². The van der Waals surface area contributed by atoms with Gasteiger partial charge in [-0.2, -0.15) is 0 Å². The SMILES string of the molecule is CC1=Cc2c(cc3c(c2-c2ccccc2C(C)C)CCC3)[CH]1. The molecule has 0 nitrogen and oxygen atoms in total. The van der Waals surface area contributed by atoms with Gasteiger partial charge in [0.1, 0.15) is 0 Å². The van der Waals surface area contributed by atoms with Crippen molar-refractivity contribution < 1.29 is 0 Å². The molecule has 111 valence electrons. The van der Waals surface area contributed by atoms with Crippen LogP contribution in [0.5, 0.6) is 0 Å². The summed E-state index contributed by atoms with van der Waals surface area (Å²) in [5.74, 6) is 0.555. The van der Waals surface area contributed by atoms with Crippen LogP contribution in [-0.4, -0.2) is 0 Å². The number of aryl methyl sites for hydroxylation is 1. The molecule has 4 rings (SSSR count). The normalized spacial score (nSPS) is 15.9. The minimum Gasteiger partial charge on any atom is -0.0642 e. The summed E-state index contributed by atoms with van der Waals surface area (Å²) in [5, 5.41) is 0. The second kappa shape index (κ2) is 5.12. The molecule has 2 aromatic carbocycles. The van der Waals surface area contributed by atoms with E-state index in [-0.39, 0.29) is 0 Å². The maximum Gasteiger partial charge on any atom is 0.0161 e. The minimum atomic E-state index is 0.555. The number of hydrogen-bond acceptors (Lipinski definition) is 0. The maximum atomic E-state index is 2.44. The first-order valence-corrected chi connectivity index (χ1v) is 8.46. The van der Waals surface area contributed by atoms with Gasteiger partial charge in [-0.05, 0) is 71.0 Å². The Morgan fingerprint density at radius 2 is 1.86 bits per heavy atom. The molecule has 0 atom stereocenters. The van der Waals surface area contributed by atoms with E-state index in [4.69, 9.17) is 0 Å². The van der Waals surface area contributed by atoms with Crippen molar-refractivity contribution in [3.05, 3.63) is 70.1 Å². The molecule has 0 aliphatic heterocycles. The Balaban J connectivity index is 2.04. The maximum absolute atomic E-state index is 2.44. The highest BCUT2D eigenvalue weighted by atomic mass is 14.3. The fraction of sp³-hybridized carbons (Fsp3) is 0.318. The van der Waals surface area contributed by atoms with Crippen molar-refractivity contribution in [2.24, 2.45) is 0 Å². The van der Waals surface area contributed by atoms with Crippen molar-refractivity contribution in [1.29, 1.82) is 0 Å². The lowest BCUT2D eigenvalue weighted by Gasteiger charge is -2.19. The predicted molar refractivity (Wildman–Crippen MR) is 95.0 cm³/mol. The van der Waals surface area contributed by atoms with E-state index in [0.29, 0.717) is 5.92 Å². The third kappa shape index (κ3) is 2.05. The second-order valence-electron chi connectivity index (χ2n) is 7.02. The summed E-state index contributed by atoms with van der Waals surface area (Å²) in [6.45, 7) is 6.81. The van der Waals surface area contributed by atoms with E-state index in [1.54, 1.807) is 11.1 Å². The Morgan fingerprint density at radius 1 is 1.05 bits per heavy atom. The molecule has 0 aromatic heterocycles. The van der Waals surface area contributed by atoms with Gasteiger partial charge in [-0.1, -0.05) is 55.8 Å². The summed E-state index contributed by atoms with van der Waals surface area (Å²) in [4.78, 5) is 0. The van der Waals surface area contributed by atoms with Gasteiger partial charge < -0.3 is 0 Å². The number of rotatable bonds is 2. The van der Waals surface area contributed by atoms with E-state index in [0.717, 1.165) is 0 Å². The fourth-order valence-corrected chi connectivity index (χ4v) is 4.11. The van der Waals surface area contributed by atoms with Crippen LogP contribution in [0.15, 0.2) is 35.9 Å². The summed E-state index contributed by atoms with van der Waals surface area (Å²) in [6, 6.07) is 11.4. The van der Waals surface area contributed by atoms with Gasteiger partial charge in [0.25, 0.3) is 0 Å². The molecule has 2 aliphatic carbocycles. The van der Waals surface area contributed by atoms with Gasteiger partial charge in [0.05, 0.1) is 0 Å². The molecule has 0 heteroatoms. The first-order valence-electron chi connectivity index (χ1n) is 8.46. The van der Waals surface area contributed by atoms with E-state index in [2.05, 4.69) is 63.6 Å². The summed E-state index contributed by atoms with van der Waals surface area (Å²) in [6.07, 6.45) is 8.50. The topological polar surface area (TPSA) is 0 Å². The lowest BCUT2D eigenvalue weighted by Crippen LogP contribution is -1.99. The van der Waals surface area contributed by atoms with Gasteiger partial charge in [0, 0.05) is 6.42 Å². The zero-order valence-electron chi connectivity index (χ0n) is 13.7. The third-order valence-electron chi connectivity index (χ3n) is 5.08. The van der Waals surface area contributed by atoms with Gasteiger partial charge in [-0.15, -0.1) is 0 Å². The van der Waals surface area contributed by atoms with Crippen LogP contribution in [0, 0.1) is 6.42 Å². The smallest absolute Gasteiger partial charge is 0.0161 e. The van der Waals surface area contributed by atoms with Crippen molar-refractivity contribution >= 4 is 6.08 Å². The average molecular weight is 287 g/mol. The molecular formula is C22H23. The van der Waals surface area contributed by atoms with Crippen LogP contribution in [0.4, 0.5) is 0 Å². The largest absolute Gasteiger partial charge is 0.0642 e. The highest BCUT2D eigenvalue weighted by Gasteiger charge is 2.25. The first kappa shape index (κ1) is 13.8. The predicted octanol–water partition coefficient (Wildman–Crippen LogP) is 5.93. The van der Waals surface area contributed by atoms with Crippen LogP contribution in [0.25, 0.3) is 17.2 Å². The number of benzene rings is 2. The van der Waals surface area contributed by atoms with Crippen molar-refractivity contribution in [2.45, 2.75) is 46.0 Å². The minimum absolute atomic E-state index is 0.555. The quantitative estimate of drug-likeness (QED) is 0.641. The first-order chi connectivity index (χ1) is 10.6. The molecule has 0 bridgehead atoms.